The molecule has 0 fully saturated rings. The number of rotatable bonds is 2. The molecule has 1 heterocycles. The Labute approximate surface area is 83.7 Å². The second-order valence-corrected chi connectivity index (χ2v) is 3.37. The molecule has 0 spiro atoms. The van der Waals surface area contributed by atoms with Gasteiger partial charge in [0.05, 0.1) is 0 Å². The average Bonchev–Trinajstić information content (AvgIpc) is 2.19. The van der Waals surface area contributed by atoms with E-state index >= 15 is 0 Å². The minimum Gasteiger partial charge on any atom is -0.245 e. The highest BCUT2D eigenvalue weighted by molar-refractivity contribution is 5.25. The largest absolute Gasteiger partial charge is 0.245 e. The molecule has 0 aliphatic rings. The van der Waals surface area contributed by atoms with E-state index in [0.29, 0.717) is 0 Å². The van der Waals surface area contributed by atoms with Crippen LogP contribution in [0.5, 0.6) is 0 Å². The van der Waals surface area contributed by atoms with Crippen molar-refractivity contribution in [2.24, 2.45) is 0 Å². The molecule has 0 N–H and O–H groups in total. The van der Waals surface area contributed by atoms with E-state index in [4.69, 9.17) is 0 Å². The van der Waals surface area contributed by atoms with Crippen molar-refractivity contribution in [2.75, 3.05) is 0 Å². The maximum atomic E-state index is 4.19. The van der Waals surface area contributed by atoms with Crippen LogP contribution in [0.15, 0.2) is 42.9 Å². The Morgan fingerprint density at radius 3 is 2.86 bits per heavy atom. The van der Waals surface area contributed by atoms with Crippen molar-refractivity contribution >= 4 is 0 Å². The molecule has 14 heavy (non-hydrogen) atoms. The van der Waals surface area contributed by atoms with Crippen molar-refractivity contribution in [2.45, 2.75) is 13.3 Å². The third-order valence-electron chi connectivity index (χ3n) is 2.11. The monoisotopic (exact) mass is 184 g/mol. The molecule has 0 saturated carbocycles. The maximum absolute atomic E-state index is 4.19. The summed E-state index contributed by atoms with van der Waals surface area (Å²) in [6.45, 7) is 2.10. The van der Waals surface area contributed by atoms with Gasteiger partial charge in [0.15, 0.2) is 0 Å². The molecule has 0 aliphatic heterocycles. The number of nitrogens with zero attached hydrogens (tertiary/aromatic N) is 2. The van der Waals surface area contributed by atoms with E-state index in [1.807, 2.05) is 6.07 Å². The first-order chi connectivity index (χ1) is 6.84. The van der Waals surface area contributed by atoms with Crippen LogP contribution in [0.4, 0.5) is 0 Å². The first kappa shape index (κ1) is 8.88. The fraction of sp³-hybridized carbons (Fsp3) is 0.167. The molecule has 0 aliphatic carbocycles. The zero-order valence-corrected chi connectivity index (χ0v) is 8.14. The van der Waals surface area contributed by atoms with Gasteiger partial charge in [-0.3, -0.25) is 0 Å². The van der Waals surface area contributed by atoms with Crippen LogP contribution < -0.4 is 0 Å². The van der Waals surface area contributed by atoms with Gasteiger partial charge in [0.25, 0.3) is 0 Å². The molecule has 1 aromatic heterocycles. The number of hydrogen-bond donors (Lipinski definition) is 0. The quantitative estimate of drug-likeness (QED) is 0.716. The van der Waals surface area contributed by atoms with Gasteiger partial charge in [0.2, 0.25) is 0 Å². The molecule has 70 valence electrons. The normalized spacial score (nSPS) is 10.1. The molecule has 2 aromatic rings. The van der Waals surface area contributed by atoms with Crippen molar-refractivity contribution in [3.63, 3.8) is 0 Å². The molecule has 0 saturated heterocycles. The Bertz CT molecular complexity index is 410. The lowest BCUT2D eigenvalue weighted by Crippen LogP contribution is -1.92. The minimum absolute atomic E-state index is 0.879. The summed E-state index contributed by atoms with van der Waals surface area (Å²) in [6, 6.07) is 10.4. The lowest BCUT2D eigenvalue weighted by molar-refractivity contribution is 1.02. The second kappa shape index (κ2) is 4.01. The first-order valence-electron chi connectivity index (χ1n) is 4.65. The van der Waals surface area contributed by atoms with Crippen molar-refractivity contribution < 1.29 is 0 Å². The highest BCUT2D eigenvalue weighted by atomic mass is 14.8. The van der Waals surface area contributed by atoms with Gasteiger partial charge in [-0.25, -0.2) is 9.97 Å². The van der Waals surface area contributed by atoms with E-state index in [1.54, 1.807) is 12.5 Å². The van der Waals surface area contributed by atoms with E-state index in [2.05, 4.69) is 41.2 Å². The molecule has 1 aromatic carbocycles. The van der Waals surface area contributed by atoms with Gasteiger partial charge < -0.3 is 0 Å². The Morgan fingerprint density at radius 1 is 1.21 bits per heavy atom. The van der Waals surface area contributed by atoms with Gasteiger partial charge in [0.1, 0.15) is 6.33 Å². The Morgan fingerprint density at radius 2 is 2.14 bits per heavy atom. The van der Waals surface area contributed by atoms with Crippen LogP contribution in [0.1, 0.15) is 16.8 Å². The van der Waals surface area contributed by atoms with Gasteiger partial charge in [-0.1, -0.05) is 29.8 Å². The predicted octanol–water partition coefficient (Wildman–Crippen LogP) is 2.38. The van der Waals surface area contributed by atoms with E-state index in [1.165, 1.54) is 11.1 Å². The summed E-state index contributed by atoms with van der Waals surface area (Å²) >= 11 is 0. The summed E-state index contributed by atoms with van der Waals surface area (Å²) in [5, 5.41) is 0. The van der Waals surface area contributed by atoms with Gasteiger partial charge >= 0.3 is 0 Å². The summed E-state index contributed by atoms with van der Waals surface area (Å²) in [7, 11) is 0. The zero-order valence-electron chi connectivity index (χ0n) is 8.14. The highest BCUT2D eigenvalue weighted by Crippen LogP contribution is 2.08. The van der Waals surface area contributed by atoms with Gasteiger partial charge in [-0.2, -0.15) is 0 Å². The van der Waals surface area contributed by atoms with Crippen molar-refractivity contribution in [3.8, 4) is 0 Å². The van der Waals surface area contributed by atoms with Crippen LogP contribution >= 0.6 is 0 Å². The van der Waals surface area contributed by atoms with Crippen LogP contribution in [0.3, 0.4) is 0 Å². The van der Waals surface area contributed by atoms with E-state index < -0.39 is 0 Å². The maximum Gasteiger partial charge on any atom is 0.115 e. The lowest BCUT2D eigenvalue weighted by Gasteiger charge is -2.01. The van der Waals surface area contributed by atoms with Gasteiger partial charge in [-0.15, -0.1) is 0 Å². The molecule has 0 bridgehead atoms. The summed E-state index contributed by atoms with van der Waals surface area (Å²) in [5.74, 6) is 0. The molecule has 0 unspecified atom stereocenters. The smallest absolute Gasteiger partial charge is 0.115 e. The SMILES string of the molecule is Cc1cccc(Cc2ccncn2)c1. The van der Waals surface area contributed by atoms with Gasteiger partial charge in [-0.05, 0) is 18.6 Å². The summed E-state index contributed by atoms with van der Waals surface area (Å²) in [4.78, 5) is 8.09. The Balaban J connectivity index is 2.19. The second-order valence-electron chi connectivity index (χ2n) is 3.37. The fourth-order valence-corrected chi connectivity index (χ4v) is 1.45. The van der Waals surface area contributed by atoms with Crippen LogP contribution in [-0.4, -0.2) is 9.97 Å². The molecule has 2 rings (SSSR count). The third kappa shape index (κ3) is 2.16. The number of aryl methyl sites for hydroxylation is 1. The lowest BCUT2D eigenvalue weighted by atomic mass is 10.1. The fourth-order valence-electron chi connectivity index (χ4n) is 1.45. The van der Waals surface area contributed by atoms with E-state index in [0.717, 1.165) is 12.1 Å². The average molecular weight is 184 g/mol. The standard InChI is InChI=1S/C12H12N2/c1-10-3-2-4-11(7-10)8-12-5-6-13-9-14-12/h2-7,9H,8H2,1H3. The Kier molecular flexibility index (Phi) is 2.54. The first-order valence-corrected chi connectivity index (χ1v) is 4.65. The number of benzene rings is 1. The van der Waals surface area contributed by atoms with Crippen LogP contribution in [0.25, 0.3) is 0 Å². The minimum atomic E-state index is 0.879. The van der Waals surface area contributed by atoms with Gasteiger partial charge in [0, 0.05) is 18.3 Å². The van der Waals surface area contributed by atoms with Crippen molar-refractivity contribution in [1.82, 2.24) is 9.97 Å². The number of hydrogen-bond acceptors (Lipinski definition) is 2. The molecule has 0 atom stereocenters. The molecule has 2 heteroatoms. The topological polar surface area (TPSA) is 25.8 Å². The van der Waals surface area contributed by atoms with E-state index in [-0.39, 0.29) is 0 Å². The zero-order chi connectivity index (χ0) is 9.80. The van der Waals surface area contributed by atoms with Crippen molar-refractivity contribution in [1.29, 1.82) is 0 Å². The van der Waals surface area contributed by atoms with Crippen LogP contribution in [0, 0.1) is 6.92 Å². The summed E-state index contributed by atoms with van der Waals surface area (Å²) in [6.07, 6.45) is 4.24. The van der Waals surface area contributed by atoms with Crippen LogP contribution in [0.2, 0.25) is 0 Å². The molecule has 0 amide bonds. The summed E-state index contributed by atoms with van der Waals surface area (Å²) in [5.41, 5.74) is 3.64. The third-order valence-corrected chi connectivity index (χ3v) is 2.11. The summed E-state index contributed by atoms with van der Waals surface area (Å²) < 4.78 is 0. The molecular weight excluding hydrogens is 172 g/mol. The van der Waals surface area contributed by atoms with E-state index in [9.17, 15) is 0 Å². The molecule has 0 radical (unpaired) electrons. The highest BCUT2D eigenvalue weighted by Gasteiger charge is 1.96. The number of aromatic nitrogens is 2. The van der Waals surface area contributed by atoms with Crippen molar-refractivity contribution in [3.05, 3.63) is 59.7 Å². The van der Waals surface area contributed by atoms with Crippen LogP contribution in [-0.2, 0) is 6.42 Å². The molecular formula is C12H12N2. The molecule has 2 nitrogen and oxygen atoms in total. The predicted molar refractivity (Wildman–Crippen MR) is 56.0 cm³/mol. The Hall–Kier alpha value is -1.70.